The van der Waals surface area contributed by atoms with Gasteiger partial charge in [-0.2, -0.15) is 0 Å². The number of aromatic nitrogens is 2. The number of hydrogen-bond acceptors (Lipinski definition) is 3. The Balaban J connectivity index is 1.45. The summed E-state index contributed by atoms with van der Waals surface area (Å²) >= 11 is 0. The summed E-state index contributed by atoms with van der Waals surface area (Å²) in [6.07, 6.45) is 2.53. The van der Waals surface area contributed by atoms with E-state index in [4.69, 9.17) is 4.74 Å². The highest BCUT2D eigenvalue weighted by Crippen LogP contribution is 2.20. The van der Waals surface area contributed by atoms with Crippen molar-refractivity contribution in [2.24, 2.45) is 0 Å². The van der Waals surface area contributed by atoms with E-state index in [-0.39, 0.29) is 12.0 Å². The molecule has 1 amide bonds. The van der Waals surface area contributed by atoms with Crippen LogP contribution < -0.4 is 4.74 Å². The zero-order valence-electron chi connectivity index (χ0n) is 12.6. The summed E-state index contributed by atoms with van der Waals surface area (Å²) < 4.78 is 5.84. The molecule has 0 spiro atoms. The van der Waals surface area contributed by atoms with Crippen molar-refractivity contribution in [2.45, 2.75) is 12.5 Å². The maximum absolute atomic E-state index is 12.6. The van der Waals surface area contributed by atoms with Gasteiger partial charge in [-0.15, -0.1) is 0 Å². The summed E-state index contributed by atoms with van der Waals surface area (Å²) in [7, 11) is 0. The molecule has 0 saturated carbocycles. The third-order valence-electron chi connectivity index (χ3n) is 4.12. The van der Waals surface area contributed by atoms with Crippen molar-refractivity contribution in [3.63, 3.8) is 0 Å². The van der Waals surface area contributed by atoms with E-state index < -0.39 is 0 Å². The molecule has 1 aromatic carbocycles. The van der Waals surface area contributed by atoms with Gasteiger partial charge in [0.05, 0.1) is 6.54 Å². The van der Waals surface area contributed by atoms with E-state index in [1.54, 1.807) is 6.20 Å². The van der Waals surface area contributed by atoms with Crippen LogP contribution >= 0.6 is 0 Å². The summed E-state index contributed by atoms with van der Waals surface area (Å²) in [5, 5.41) is 1.05. The molecule has 2 aromatic heterocycles. The Morgan fingerprint density at radius 3 is 2.91 bits per heavy atom. The second kappa shape index (κ2) is 5.76. The number of hydrogen-bond donors (Lipinski definition) is 1. The maximum atomic E-state index is 12.6. The van der Waals surface area contributed by atoms with Gasteiger partial charge in [-0.05, 0) is 18.2 Å². The van der Waals surface area contributed by atoms with Crippen molar-refractivity contribution in [3.05, 3.63) is 60.4 Å². The van der Waals surface area contributed by atoms with E-state index in [0.717, 1.165) is 17.3 Å². The third kappa shape index (κ3) is 2.77. The number of benzene rings is 1. The van der Waals surface area contributed by atoms with Crippen molar-refractivity contribution in [1.29, 1.82) is 0 Å². The standard InChI is InChI=1S/C18H17N3O2/c22-18(16-11-13-5-1-2-6-15(13)20-16)21-10-8-14(12-21)23-17-7-3-4-9-19-17/h1-7,9,11,14,20H,8,10,12H2. The molecular weight excluding hydrogens is 290 g/mol. The molecule has 5 heteroatoms. The number of nitrogens with zero attached hydrogens (tertiary/aromatic N) is 2. The second-order valence-electron chi connectivity index (χ2n) is 5.72. The first-order valence-electron chi connectivity index (χ1n) is 7.74. The molecular formula is C18H17N3O2. The van der Waals surface area contributed by atoms with E-state index in [1.807, 2.05) is 53.4 Å². The van der Waals surface area contributed by atoms with E-state index in [0.29, 0.717) is 24.7 Å². The van der Waals surface area contributed by atoms with Crippen LogP contribution in [-0.2, 0) is 0 Å². The van der Waals surface area contributed by atoms with Crippen LogP contribution in [0.4, 0.5) is 0 Å². The lowest BCUT2D eigenvalue weighted by Gasteiger charge is -2.16. The maximum Gasteiger partial charge on any atom is 0.270 e. The molecule has 1 unspecified atom stereocenters. The Bertz CT molecular complexity index is 795. The average Bonchev–Trinajstić information content (AvgIpc) is 3.21. The molecule has 0 bridgehead atoms. The van der Waals surface area contributed by atoms with Gasteiger partial charge in [-0.25, -0.2) is 4.98 Å². The molecule has 5 nitrogen and oxygen atoms in total. The first-order valence-corrected chi connectivity index (χ1v) is 7.74. The van der Waals surface area contributed by atoms with Crippen LogP contribution in [0, 0.1) is 0 Å². The quantitative estimate of drug-likeness (QED) is 0.809. The van der Waals surface area contributed by atoms with E-state index in [2.05, 4.69) is 9.97 Å². The number of fused-ring (bicyclic) bond motifs is 1. The van der Waals surface area contributed by atoms with Gasteiger partial charge in [0.2, 0.25) is 5.88 Å². The Morgan fingerprint density at radius 1 is 1.22 bits per heavy atom. The summed E-state index contributed by atoms with van der Waals surface area (Å²) in [6, 6.07) is 15.4. The molecule has 0 aliphatic carbocycles. The van der Waals surface area contributed by atoms with Crippen molar-refractivity contribution in [1.82, 2.24) is 14.9 Å². The van der Waals surface area contributed by atoms with Crippen molar-refractivity contribution in [2.75, 3.05) is 13.1 Å². The lowest BCUT2D eigenvalue weighted by Crippen LogP contribution is -2.31. The van der Waals surface area contributed by atoms with Crippen molar-refractivity contribution >= 4 is 16.8 Å². The van der Waals surface area contributed by atoms with Crippen LogP contribution in [0.2, 0.25) is 0 Å². The number of carbonyl (C=O) groups is 1. The molecule has 116 valence electrons. The monoisotopic (exact) mass is 307 g/mol. The largest absolute Gasteiger partial charge is 0.472 e. The van der Waals surface area contributed by atoms with Gasteiger partial charge >= 0.3 is 0 Å². The lowest BCUT2D eigenvalue weighted by molar-refractivity contribution is 0.0766. The molecule has 1 N–H and O–H groups in total. The summed E-state index contributed by atoms with van der Waals surface area (Å²) in [4.78, 5) is 21.8. The highest BCUT2D eigenvalue weighted by atomic mass is 16.5. The van der Waals surface area contributed by atoms with Gasteiger partial charge in [0.25, 0.3) is 5.91 Å². The topological polar surface area (TPSA) is 58.2 Å². The van der Waals surface area contributed by atoms with Gasteiger partial charge in [-0.3, -0.25) is 4.79 Å². The molecule has 1 fully saturated rings. The fourth-order valence-electron chi connectivity index (χ4n) is 2.96. The Labute approximate surface area is 133 Å². The van der Waals surface area contributed by atoms with Crippen LogP contribution in [0.3, 0.4) is 0 Å². The summed E-state index contributed by atoms with van der Waals surface area (Å²) in [5.74, 6) is 0.630. The molecule has 23 heavy (non-hydrogen) atoms. The molecule has 1 atom stereocenters. The minimum Gasteiger partial charge on any atom is -0.472 e. The number of nitrogens with one attached hydrogen (secondary N) is 1. The van der Waals surface area contributed by atoms with E-state index in [9.17, 15) is 4.79 Å². The zero-order valence-corrected chi connectivity index (χ0v) is 12.6. The number of aromatic amines is 1. The van der Waals surface area contributed by atoms with Crippen LogP contribution in [-0.4, -0.2) is 40.0 Å². The minimum absolute atomic E-state index is 0.00164. The van der Waals surface area contributed by atoms with E-state index in [1.165, 1.54) is 0 Å². The van der Waals surface area contributed by atoms with E-state index >= 15 is 0 Å². The zero-order chi connectivity index (χ0) is 15.6. The molecule has 4 rings (SSSR count). The average molecular weight is 307 g/mol. The molecule has 1 saturated heterocycles. The molecule has 3 heterocycles. The number of ether oxygens (including phenoxy) is 1. The predicted octanol–water partition coefficient (Wildman–Crippen LogP) is 2.86. The van der Waals surface area contributed by atoms with Gasteiger partial charge in [-0.1, -0.05) is 24.3 Å². The smallest absolute Gasteiger partial charge is 0.270 e. The normalized spacial score (nSPS) is 17.6. The van der Waals surface area contributed by atoms with Crippen LogP contribution in [0.5, 0.6) is 5.88 Å². The number of pyridine rings is 1. The van der Waals surface area contributed by atoms with Crippen LogP contribution in [0.15, 0.2) is 54.7 Å². The first kappa shape index (κ1) is 13.8. The fourth-order valence-corrected chi connectivity index (χ4v) is 2.96. The Morgan fingerprint density at radius 2 is 2.09 bits per heavy atom. The molecule has 1 aliphatic rings. The lowest BCUT2D eigenvalue weighted by atomic mass is 10.2. The fraction of sp³-hybridized carbons (Fsp3) is 0.222. The minimum atomic E-state index is -0.00164. The number of likely N-dealkylation sites (tertiary alicyclic amines) is 1. The number of H-pyrrole nitrogens is 1. The van der Waals surface area contributed by atoms with Crippen LogP contribution in [0.25, 0.3) is 10.9 Å². The van der Waals surface area contributed by atoms with Gasteiger partial charge in [0.1, 0.15) is 11.8 Å². The molecule has 1 aliphatic heterocycles. The van der Waals surface area contributed by atoms with Gasteiger partial charge in [0, 0.05) is 36.1 Å². The summed E-state index contributed by atoms with van der Waals surface area (Å²) in [6.45, 7) is 1.29. The predicted molar refractivity (Wildman–Crippen MR) is 87.5 cm³/mol. The SMILES string of the molecule is O=C(c1cc2ccccc2[nH]1)N1CCC(Oc2ccccn2)C1. The molecule has 3 aromatic rings. The number of para-hydroxylation sites is 1. The Hall–Kier alpha value is -2.82. The number of amides is 1. The number of carbonyl (C=O) groups excluding carboxylic acids is 1. The third-order valence-corrected chi connectivity index (χ3v) is 4.12. The summed E-state index contributed by atoms with van der Waals surface area (Å²) in [5.41, 5.74) is 1.61. The van der Waals surface area contributed by atoms with Gasteiger partial charge < -0.3 is 14.6 Å². The van der Waals surface area contributed by atoms with Crippen LogP contribution in [0.1, 0.15) is 16.9 Å². The highest BCUT2D eigenvalue weighted by molar-refractivity contribution is 5.98. The van der Waals surface area contributed by atoms with Crippen molar-refractivity contribution in [3.8, 4) is 5.88 Å². The molecule has 0 radical (unpaired) electrons. The Kier molecular flexibility index (Phi) is 3.46. The number of rotatable bonds is 3. The second-order valence-corrected chi connectivity index (χ2v) is 5.72. The van der Waals surface area contributed by atoms with Crippen molar-refractivity contribution < 1.29 is 9.53 Å². The van der Waals surface area contributed by atoms with Gasteiger partial charge in [0.15, 0.2) is 0 Å². The first-order chi connectivity index (χ1) is 11.3. The highest BCUT2D eigenvalue weighted by Gasteiger charge is 2.29.